The van der Waals surface area contributed by atoms with Gasteiger partial charge in [0.25, 0.3) is 5.91 Å². The Bertz CT molecular complexity index is 1050. The van der Waals surface area contributed by atoms with Gasteiger partial charge < -0.3 is 24.6 Å². The van der Waals surface area contributed by atoms with Gasteiger partial charge in [-0.05, 0) is 38.4 Å². The van der Waals surface area contributed by atoms with Gasteiger partial charge in [-0.3, -0.25) is 4.79 Å². The van der Waals surface area contributed by atoms with E-state index in [1.807, 2.05) is 48.2 Å². The number of likely N-dealkylation sites (N-methyl/N-ethyl adjacent to an activating group) is 1. The molecule has 2 aromatic carbocycles. The van der Waals surface area contributed by atoms with Gasteiger partial charge in [0.1, 0.15) is 5.75 Å². The van der Waals surface area contributed by atoms with Gasteiger partial charge in [0.05, 0.1) is 36.8 Å². The summed E-state index contributed by atoms with van der Waals surface area (Å²) in [4.78, 5) is 17.1. The smallest absolute Gasteiger partial charge is 0.253 e. The summed E-state index contributed by atoms with van der Waals surface area (Å²) in [6, 6.07) is 11.9. The van der Waals surface area contributed by atoms with Crippen molar-refractivity contribution in [1.29, 1.82) is 0 Å². The summed E-state index contributed by atoms with van der Waals surface area (Å²) in [6.45, 7) is 2.59. The maximum Gasteiger partial charge on any atom is 0.253 e. The summed E-state index contributed by atoms with van der Waals surface area (Å²) in [5.41, 5.74) is 1.85. The molecule has 0 aromatic heterocycles. The summed E-state index contributed by atoms with van der Waals surface area (Å²) in [7, 11) is 1.50. The van der Waals surface area contributed by atoms with Crippen LogP contribution in [0, 0.1) is 0 Å². The number of amides is 1. The van der Waals surface area contributed by atoms with E-state index in [0.29, 0.717) is 38.5 Å². The van der Waals surface area contributed by atoms with Crippen molar-refractivity contribution in [3.63, 3.8) is 0 Å². The van der Waals surface area contributed by atoms with Crippen molar-refractivity contribution in [1.82, 2.24) is 10.2 Å². The first-order valence-corrected chi connectivity index (χ1v) is 11.8. The van der Waals surface area contributed by atoms with Crippen LogP contribution in [0.4, 0.5) is 5.69 Å². The highest BCUT2D eigenvalue weighted by Gasteiger charge is 2.24. The number of ether oxygens (including phenoxy) is 2. The Hall–Kier alpha value is -2.66. The number of primary sulfonamides is 1. The number of hydrogen-bond acceptors (Lipinski definition) is 7. The van der Waals surface area contributed by atoms with Crippen molar-refractivity contribution in [3.8, 4) is 5.75 Å². The number of rotatable bonds is 8. The number of nitrogens with two attached hydrogens (primary N) is 1. The topological polar surface area (TPSA) is 114 Å². The number of carbonyl (C=O) groups is 1. The average Bonchev–Trinajstić information content (AvgIpc) is 2.78. The monoisotopic (exact) mass is 462 g/mol. The number of sulfonamides is 1. The SMILES string of the molecule is COc1ccccc1C(CNC(=O)c1cc(S(N)(=O)=O)ccc1N1CCOCC1)N(C)C. The van der Waals surface area contributed by atoms with E-state index in [-0.39, 0.29) is 22.4 Å². The van der Waals surface area contributed by atoms with Crippen LogP contribution < -0.4 is 20.1 Å². The summed E-state index contributed by atoms with van der Waals surface area (Å²) in [6.07, 6.45) is 0. The van der Waals surface area contributed by atoms with Gasteiger partial charge in [-0.1, -0.05) is 18.2 Å². The third-order valence-corrected chi connectivity index (χ3v) is 6.38. The molecule has 0 saturated carbocycles. The molecule has 10 heteroatoms. The molecule has 1 unspecified atom stereocenters. The molecule has 0 spiro atoms. The van der Waals surface area contributed by atoms with Crippen LogP contribution in [0.2, 0.25) is 0 Å². The molecule has 3 rings (SSSR count). The lowest BCUT2D eigenvalue weighted by Crippen LogP contribution is -2.39. The van der Waals surface area contributed by atoms with E-state index in [0.717, 1.165) is 11.3 Å². The molecule has 2 aromatic rings. The predicted octanol–water partition coefficient (Wildman–Crippen LogP) is 1.21. The highest BCUT2D eigenvalue weighted by Crippen LogP contribution is 2.28. The Morgan fingerprint density at radius 1 is 1.22 bits per heavy atom. The third-order valence-electron chi connectivity index (χ3n) is 5.47. The second-order valence-corrected chi connectivity index (χ2v) is 9.32. The number of methoxy groups -OCH3 is 1. The number of morpholine rings is 1. The van der Waals surface area contributed by atoms with Gasteiger partial charge in [0.2, 0.25) is 10.0 Å². The molecule has 3 N–H and O–H groups in total. The quantitative estimate of drug-likeness (QED) is 0.606. The van der Waals surface area contributed by atoms with Crippen molar-refractivity contribution in [3.05, 3.63) is 53.6 Å². The lowest BCUT2D eigenvalue weighted by atomic mass is 10.0. The molecule has 0 bridgehead atoms. The fraction of sp³-hybridized carbons (Fsp3) is 0.409. The molecule has 1 heterocycles. The number of nitrogens with one attached hydrogen (secondary N) is 1. The first-order valence-electron chi connectivity index (χ1n) is 10.3. The Labute approximate surface area is 189 Å². The molecule has 32 heavy (non-hydrogen) atoms. The summed E-state index contributed by atoms with van der Waals surface area (Å²) in [5.74, 6) is 0.351. The number of nitrogens with zero attached hydrogens (tertiary/aromatic N) is 2. The lowest BCUT2D eigenvalue weighted by Gasteiger charge is -2.31. The molecule has 0 radical (unpaired) electrons. The van der Waals surface area contributed by atoms with Crippen LogP contribution in [-0.2, 0) is 14.8 Å². The molecule has 1 aliphatic rings. The van der Waals surface area contributed by atoms with E-state index in [1.165, 1.54) is 12.1 Å². The Morgan fingerprint density at radius 3 is 2.53 bits per heavy atom. The predicted molar refractivity (Wildman–Crippen MR) is 123 cm³/mol. The normalized spacial score (nSPS) is 15.5. The second-order valence-electron chi connectivity index (χ2n) is 7.75. The highest BCUT2D eigenvalue weighted by atomic mass is 32.2. The largest absolute Gasteiger partial charge is 0.496 e. The van der Waals surface area contributed by atoms with E-state index < -0.39 is 10.0 Å². The van der Waals surface area contributed by atoms with Crippen molar-refractivity contribution in [2.45, 2.75) is 10.9 Å². The second kappa shape index (κ2) is 10.3. The molecule has 9 nitrogen and oxygen atoms in total. The van der Waals surface area contributed by atoms with Gasteiger partial charge >= 0.3 is 0 Å². The third kappa shape index (κ3) is 5.57. The van der Waals surface area contributed by atoms with Crippen LogP contribution in [-0.4, -0.2) is 73.3 Å². The molecule has 1 fully saturated rings. The van der Waals surface area contributed by atoms with Gasteiger partial charge in [0.15, 0.2) is 0 Å². The minimum Gasteiger partial charge on any atom is -0.496 e. The van der Waals surface area contributed by atoms with E-state index >= 15 is 0 Å². The Balaban J connectivity index is 1.89. The molecule has 1 atom stereocenters. The average molecular weight is 463 g/mol. The summed E-state index contributed by atoms with van der Waals surface area (Å²) >= 11 is 0. The van der Waals surface area contributed by atoms with Crippen LogP contribution in [0.1, 0.15) is 22.0 Å². The Morgan fingerprint density at radius 2 is 1.91 bits per heavy atom. The zero-order valence-electron chi connectivity index (χ0n) is 18.6. The van der Waals surface area contributed by atoms with Gasteiger partial charge in [-0.15, -0.1) is 0 Å². The van der Waals surface area contributed by atoms with Crippen molar-refractivity contribution < 1.29 is 22.7 Å². The number of benzene rings is 2. The first-order chi connectivity index (χ1) is 15.2. The first kappa shape index (κ1) is 24.0. The van der Waals surface area contributed by atoms with E-state index in [4.69, 9.17) is 14.6 Å². The minimum atomic E-state index is -3.95. The highest BCUT2D eigenvalue weighted by molar-refractivity contribution is 7.89. The molecule has 0 aliphatic carbocycles. The fourth-order valence-corrected chi connectivity index (χ4v) is 4.29. The van der Waals surface area contributed by atoms with Gasteiger partial charge in [-0.2, -0.15) is 0 Å². The van der Waals surface area contributed by atoms with Crippen LogP contribution in [0.25, 0.3) is 0 Å². The van der Waals surface area contributed by atoms with Gasteiger partial charge in [0, 0.05) is 30.9 Å². The van der Waals surface area contributed by atoms with E-state index in [9.17, 15) is 13.2 Å². The maximum absolute atomic E-state index is 13.2. The summed E-state index contributed by atoms with van der Waals surface area (Å²) < 4.78 is 34.7. The number of anilines is 1. The van der Waals surface area contributed by atoms with Crippen LogP contribution in [0.5, 0.6) is 5.75 Å². The number of carbonyl (C=O) groups excluding carboxylic acids is 1. The molecule has 1 aliphatic heterocycles. The molecule has 1 saturated heterocycles. The summed E-state index contributed by atoms with van der Waals surface area (Å²) in [5, 5.41) is 8.27. The van der Waals surface area contributed by atoms with Crippen molar-refractivity contribution in [2.24, 2.45) is 5.14 Å². The molecule has 1 amide bonds. The fourth-order valence-electron chi connectivity index (χ4n) is 3.75. The van der Waals surface area contributed by atoms with Crippen LogP contribution in [0.15, 0.2) is 47.4 Å². The van der Waals surface area contributed by atoms with E-state index in [2.05, 4.69) is 5.32 Å². The molecule has 174 valence electrons. The van der Waals surface area contributed by atoms with E-state index in [1.54, 1.807) is 13.2 Å². The molecular weight excluding hydrogens is 432 g/mol. The zero-order chi connectivity index (χ0) is 23.3. The van der Waals surface area contributed by atoms with Crippen LogP contribution >= 0.6 is 0 Å². The standard InChI is InChI=1S/C22H30N4O5S/c1-25(2)20(17-6-4-5-7-21(17)30-3)15-24-22(27)18-14-16(32(23,28)29)8-9-19(18)26-10-12-31-13-11-26/h4-9,14,20H,10-13,15H2,1-3H3,(H,24,27)(H2,23,28,29). The molecular formula is C22H30N4O5S. The number of hydrogen-bond donors (Lipinski definition) is 2. The Kier molecular flexibility index (Phi) is 7.73. The minimum absolute atomic E-state index is 0.103. The zero-order valence-corrected chi connectivity index (χ0v) is 19.4. The maximum atomic E-state index is 13.2. The van der Waals surface area contributed by atoms with Crippen molar-refractivity contribution in [2.75, 3.05) is 59.0 Å². The van der Waals surface area contributed by atoms with Gasteiger partial charge in [-0.25, -0.2) is 13.6 Å². The number of para-hydroxylation sites is 1. The van der Waals surface area contributed by atoms with Crippen LogP contribution in [0.3, 0.4) is 0 Å². The lowest BCUT2D eigenvalue weighted by molar-refractivity contribution is 0.0940. The van der Waals surface area contributed by atoms with Crippen molar-refractivity contribution >= 4 is 21.6 Å².